The first-order chi connectivity index (χ1) is 16.5. The Morgan fingerprint density at radius 2 is 1.97 bits per heavy atom. The van der Waals surface area contributed by atoms with Crippen molar-refractivity contribution in [2.24, 2.45) is 0 Å². The Morgan fingerprint density at radius 3 is 2.79 bits per heavy atom. The van der Waals surface area contributed by atoms with Crippen LogP contribution < -0.4 is 19.6 Å². The van der Waals surface area contributed by atoms with Gasteiger partial charge in [-0.3, -0.25) is 14.9 Å². The van der Waals surface area contributed by atoms with E-state index in [0.717, 1.165) is 0 Å². The number of nitro benzene ring substituents is 1. The van der Waals surface area contributed by atoms with Crippen molar-refractivity contribution in [1.82, 2.24) is 14.6 Å². The van der Waals surface area contributed by atoms with Crippen LogP contribution in [0, 0.1) is 10.1 Å². The molecule has 0 spiro atoms. The number of para-hydroxylation sites is 2. The van der Waals surface area contributed by atoms with Crippen LogP contribution in [0.15, 0.2) is 69.9 Å². The van der Waals surface area contributed by atoms with Gasteiger partial charge in [0.2, 0.25) is 4.96 Å². The fraction of sp³-hybridized carbons (Fsp3) is 0.0870. The molecule has 0 amide bonds. The lowest BCUT2D eigenvalue weighted by Crippen LogP contribution is -2.26. The molecule has 1 aliphatic rings. The average Bonchev–Trinajstić information content (AvgIpc) is 3.56. The van der Waals surface area contributed by atoms with Crippen molar-refractivity contribution >= 4 is 28.1 Å². The highest BCUT2D eigenvalue weighted by Crippen LogP contribution is 2.35. The van der Waals surface area contributed by atoms with E-state index in [1.807, 2.05) is 18.2 Å². The van der Waals surface area contributed by atoms with Crippen LogP contribution in [0.2, 0.25) is 0 Å². The summed E-state index contributed by atoms with van der Waals surface area (Å²) >= 11 is 1.18. The van der Waals surface area contributed by atoms with Crippen molar-refractivity contribution in [2.45, 2.75) is 6.10 Å². The number of furan rings is 1. The molecule has 0 saturated heterocycles. The Bertz CT molecular complexity index is 1670. The first kappa shape index (κ1) is 20.1. The lowest BCUT2D eigenvalue weighted by Gasteiger charge is -2.24. The standard InChI is InChI=1S/C23H14N4O6S/c28-22-20(11-15-8-9-16(32-15)13-4-3-5-14(10-13)27(29)30)34-23-24-21(25-26(22)23)19-12-31-17-6-1-2-7-18(17)33-19/h1-11,19H,12H2/b20-11+/t19-/m0/s1. The van der Waals surface area contributed by atoms with Crippen molar-refractivity contribution in [3.05, 3.63) is 97.2 Å². The van der Waals surface area contributed by atoms with Gasteiger partial charge in [0.15, 0.2) is 23.4 Å². The highest BCUT2D eigenvalue weighted by Gasteiger charge is 2.27. The molecule has 168 valence electrons. The van der Waals surface area contributed by atoms with Crippen LogP contribution in [0.1, 0.15) is 17.7 Å². The minimum absolute atomic E-state index is 0.0292. The van der Waals surface area contributed by atoms with Crippen molar-refractivity contribution in [3.8, 4) is 22.8 Å². The molecule has 0 bridgehead atoms. The van der Waals surface area contributed by atoms with Gasteiger partial charge in [-0.25, -0.2) is 0 Å². The lowest BCUT2D eigenvalue weighted by atomic mass is 10.1. The molecule has 5 aromatic rings. The second-order valence-electron chi connectivity index (χ2n) is 7.45. The Morgan fingerprint density at radius 1 is 1.12 bits per heavy atom. The summed E-state index contributed by atoms with van der Waals surface area (Å²) in [5.41, 5.74) is 0.211. The molecule has 1 atom stereocenters. The van der Waals surface area contributed by atoms with Crippen LogP contribution in [-0.2, 0) is 0 Å². The monoisotopic (exact) mass is 474 g/mol. The summed E-state index contributed by atoms with van der Waals surface area (Å²) in [6.07, 6.45) is 1.08. The number of thiazole rings is 1. The van der Waals surface area contributed by atoms with Gasteiger partial charge in [0.1, 0.15) is 22.7 Å². The maximum absolute atomic E-state index is 12.9. The molecule has 0 aliphatic carbocycles. The molecule has 0 unspecified atom stereocenters. The smallest absolute Gasteiger partial charge is 0.291 e. The zero-order valence-electron chi connectivity index (χ0n) is 17.3. The molecule has 0 fully saturated rings. The zero-order chi connectivity index (χ0) is 23.2. The molecule has 4 heterocycles. The highest BCUT2D eigenvalue weighted by molar-refractivity contribution is 7.15. The number of non-ortho nitro benzene ring substituents is 1. The zero-order valence-corrected chi connectivity index (χ0v) is 18.1. The van der Waals surface area contributed by atoms with Crippen LogP contribution in [0.25, 0.3) is 22.4 Å². The van der Waals surface area contributed by atoms with Crippen LogP contribution >= 0.6 is 11.3 Å². The predicted molar refractivity (Wildman–Crippen MR) is 122 cm³/mol. The van der Waals surface area contributed by atoms with E-state index in [2.05, 4.69) is 10.1 Å². The quantitative estimate of drug-likeness (QED) is 0.287. The molecule has 2 aromatic carbocycles. The molecule has 3 aromatic heterocycles. The van der Waals surface area contributed by atoms with Crippen LogP contribution in [0.4, 0.5) is 5.69 Å². The summed E-state index contributed by atoms with van der Waals surface area (Å²) in [6, 6.07) is 16.9. The van der Waals surface area contributed by atoms with Gasteiger partial charge >= 0.3 is 0 Å². The maximum Gasteiger partial charge on any atom is 0.291 e. The van der Waals surface area contributed by atoms with E-state index in [0.29, 0.717) is 43.9 Å². The Labute approximate surface area is 194 Å². The minimum atomic E-state index is -0.517. The Kier molecular flexibility index (Phi) is 4.62. The van der Waals surface area contributed by atoms with E-state index < -0.39 is 11.0 Å². The number of rotatable bonds is 4. The normalized spacial score (nSPS) is 15.6. The van der Waals surface area contributed by atoms with Crippen molar-refractivity contribution < 1.29 is 18.8 Å². The molecule has 11 heteroatoms. The van der Waals surface area contributed by atoms with Gasteiger partial charge in [0, 0.05) is 23.8 Å². The summed E-state index contributed by atoms with van der Waals surface area (Å²) < 4.78 is 19.1. The molecular formula is C23H14N4O6S. The fourth-order valence-electron chi connectivity index (χ4n) is 3.62. The van der Waals surface area contributed by atoms with E-state index in [1.54, 1.807) is 36.4 Å². The largest absolute Gasteiger partial charge is 0.485 e. The second kappa shape index (κ2) is 7.81. The van der Waals surface area contributed by atoms with Crippen LogP contribution in [-0.4, -0.2) is 26.1 Å². The third-order valence-corrected chi connectivity index (χ3v) is 6.20. The predicted octanol–water partition coefficient (Wildman–Crippen LogP) is 3.38. The Hall–Kier alpha value is -4.51. The minimum Gasteiger partial charge on any atom is -0.485 e. The van der Waals surface area contributed by atoms with E-state index in [4.69, 9.17) is 13.9 Å². The number of benzene rings is 2. The summed E-state index contributed by atoms with van der Waals surface area (Å²) in [5.74, 6) is 2.52. The topological polar surface area (TPSA) is 122 Å². The average molecular weight is 474 g/mol. The summed E-state index contributed by atoms with van der Waals surface area (Å²) in [4.78, 5) is 28.3. The molecule has 1 aliphatic heterocycles. The molecule has 6 rings (SSSR count). The van der Waals surface area contributed by atoms with Gasteiger partial charge in [-0.2, -0.15) is 9.50 Å². The number of hydrogen-bond acceptors (Lipinski definition) is 9. The van der Waals surface area contributed by atoms with Gasteiger partial charge in [0.05, 0.1) is 4.92 Å². The number of ether oxygens (including phenoxy) is 2. The van der Waals surface area contributed by atoms with Crippen molar-refractivity contribution in [2.75, 3.05) is 6.61 Å². The maximum atomic E-state index is 12.9. The molecule has 0 N–H and O–H groups in total. The van der Waals surface area contributed by atoms with Crippen molar-refractivity contribution in [3.63, 3.8) is 0 Å². The fourth-order valence-corrected chi connectivity index (χ4v) is 4.51. The van der Waals surface area contributed by atoms with Crippen molar-refractivity contribution in [1.29, 1.82) is 0 Å². The third kappa shape index (κ3) is 3.48. The molecule has 10 nitrogen and oxygen atoms in total. The molecule has 0 radical (unpaired) electrons. The number of nitro groups is 1. The van der Waals surface area contributed by atoms with Crippen LogP contribution in [0.3, 0.4) is 0 Å². The van der Waals surface area contributed by atoms with Gasteiger partial charge in [-0.05, 0) is 24.3 Å². The summed E-state index contributed by atoms with van der Waals surface area (Å²) in [7, 11) is 0. The van der Waals surface area contributed by atoms with Gasteiger partial charge in [-0.1, -0.05) is 35.6 Å². The summed E-state index contributed by atoms with van der Waals surface area (Å²) in [6.45, 7) is 0.245. The first-order valence-corrected chi connectivity index (χ1v) is 11.0. The number of hydrogen-bond donors (Lipinski definition) is 0. The number of fused-ring (bicyclic) bond motifs is 2. The summed E-state index contributed by atoms with van der Waals surface area (Å²) in [5, 5.41) is 15.3. The van der Waals surface area contributed by atoms with Crippen LogP contribution in [0.5, 0.6) is 11.5 Å². The number of aromatic nitrogens is 3. The SMILES string of the molecule is O=c1/c(=C\c2ccc(-c3cccc([N+](=O)[O-])c3)o2)sc2nc([C@@H]3COc4ccccc4O3)nn12. The first-order valence-electron chi connectivity index (χ1n) is 10.2. The Balaban J connectivity index is 1.29. The molecule has 34 heavy (non-hydrogen) atoms. The van der Waals surface area contributed by atoms with Gasteiger partial charge in [0.25, 0.3) is 11.2 Å². The number of nitrogens with zero attached hydrogens (tertiary/aromatic N) is 4. The van der Waals surface area contributed by atoms with Gasteiger partial charge in [-0.15, -0.1) is 5.10 Å². The molecule has 0 saturated carbocycles. The van der Waals surface area contributed by atoms with E-state index in [1.165, 1.54) is 28.0 Å². The van der Waals surface area contributed by atoms with E-state index in [9.17, 15) is 14.9 Å². The third-order valence-electron chi connectivity index (χ3n) is 5.24. The van der Waals surface area contributed by atoms with E-state index >= 15 is 0 Å². The highest BCUT2D eigenvalue weighted by atomic mass is 32.1. The van der Waals surface area contributed by atoms with Gasteiger partial charge < -0.3 is 13.9 Å². The van der Waals surface area contributed by atoms with E-state index in [-0.39, 0.29) is 17.9 Å². The molecular weight excluding hydrogens is 460 g/mol. The lowest BCUT2D eigenvalue weighted by molar-refractivity contribution is -0.384. The second-order valence-corrected chi connectivity index (χ2v) is 8.46.